The number of hydrogen-bond acceptors (Lipinski definition) is 5. The number of piperazine rings is 1. The first-order valence-electron chi connectivity index (χ1n) is 7.46. The average Bonchev–Trinajstić information content (AvgIpc) is 2.90. The lowest BCUT2D eigenvalue weighted by Crippen LogP contribution is -2.48. The number of rotatable bonds is 5. The second kappa shape index (κ2) is 6.58. The van der Waals surface area contributed by atoms with Crippen LogP contribution in [0.1, 0.15) is 32.1 Å². The van der Waals surface area contributed by atoms with E-state index in [1.807, 2.05) is 33.3 Å². The number of imidazole rings is 1. The SMILES string of the molecule is COC(=O)C(C)(C)CCN1CCNCC1c1nccn1C. The van der Waals surface area contributed by atoms with Crippen molar-refractivity contribution < 1.29 is 9.53 Å². The van der Waals surface area contributed by atoms with Crippen molar-refractivity contribution in [2.45, 2.75) is 26.3 Å². The molecule has 1 saturated heterocycles. The van der Waals surface area contributed by atoms with Crippen LogP contribution in [0, 0.1) is 5.41 Å². The number of carbonyl (C=O) groups excluding carboxylic acids is 1. The Labute approximate surface area is 126 Å². The summed E-state index contributed by atoms with van der Waals surface area (Å²) < 4.78 is 6.95. The molecular weight excluding hydrogens is 268 g/mol. The second-order valence-electron chi connectivity index (χ2n) is 6.28. The van der Waals surface area contributed by atoms with Gasteiger partial charge in [0.1, 0.15) is 5.82 Å². The summed E-state index contributed by atoms with van der Waals surface area (Å²) in [7, 11) is 3.47. The highest BCUT2D eigenvalue weighted by Gasteiger charge is 2.32. The van der Waals surface area contributed by atoms with E-state index in [2.05, 4.69) is 19.8 Å². The molecule has 21 heavy (non-hydrogen) atoms. The Morgan fingerprint density at radius 2 is 2.33 bits per heavy atom. The van der Waals surface area contributed by atoms with Gasteiger partial charge in [0.2, 0.25) is 0 Å². The van der Waals surface area contributed by atoms with E-state index in [0.717, 1.165) is 38.4 Å². The molecule has 1 aromatic rings. The van der Waals surface area contributed by atoms with Crippen LogP contribution in [0.25, 0.3) is 0 Å². The van der Waals surface area contributed by atoms with E-state index in [9.17, 15) is 4.79 Å². The van der Waals surface area contributed by atoms with Gasteiger partial charge in [-0.3, -0.25) is 9.69 Å². The van der Waals surface area contributed by atoms with Crippen molar-refractivity contribution in [2.75, 3.05) is 33.3 Å². The predicted molar refractivity (Wildman–Crippen MR) is 80.8 cm³/mol. The van der Waals surface area contributed by atoms with E-state index in [1.54, 1.807) is 0 Å². The number of nitrogens with one attached hydrogen (secondary N) is 1. The van der Waals surface area contributed by atoms with Crippen LogP contribution in [-0.2, 0) is 16.6 Å². The predicted octanol–water partition coefficient (Wildman–Crippen LogP) is 0.956. The minimum Gasteiger partial charge on any atom is -0.469 e. The minimum atomic E-state index is -0.453. The highest BCUT2D eigenvalue weighted by molar-refractivity contribution is 5.75. The zero-order valence-corrected chi connectivity index (χ0v) is 13.4. The van der Waals surface area contributed by atoms with Gasteiger partial charge in [0.25, 0.3) is 0 Å². The van der Waals surface area contributed by atoms with E-state index in [0.29, 0.717) is 0 Å². The molecule has 1 N–H and O–H groups in total. The summed E-state index contributed by atoms with van der Waals surface area (Å²) in [4.78, 5) is 18.7. The molecule has 0 radical (unpaired) electrons. The molecule has 1 aliphatic heterocycles. The molecule has 0 bridgehead atoms. The molecule has 0 aliphatic carbocycles. The van der Waals surface area contributed by atoms with Gasteiger partial charge in [-0.25, -0.2) is 4.98 Å². The van der Waals surface area contributed by atoms with Gasteiger partial charge in [0, 0.05) is 45.6 Å². The Hall–Kier alpha value is -1.40. The molecule has 1 fully saturated rings. The van der Waals surface area contributed by atoms with Crippen molar-refractivity contribution in [3.63, 3.8) is 0 Å². The molecule has 6 heteroatoms. The van der Waals surface area contributed by atoms with Crippen LogP contribution in [0.15, 0.2) is 12.4 Å². The van der Waals surface area contributed by atoms with Gasteiger partial charge >= 0.3 is 5.97 Å². The Morgan fingerprint density at radius 3 is 2.95 bits per heavy atom. The summed E-state index contributed by atoms with van der Waals surface area (Å²) >= 11 is 0. The molecule has 6 nitrogen and oxygen atoms in total. The van der Waals surface area contributed by atoms with Crippen molar-refractivity contribution in [1.29, 1.82) is 0 Å². The normalized spacial score (nSPS) is 20.5. The monoisotopic (exact) mass is 294 g/mol. The highest BCUT2D eigenvalue weighted by Crippen LogP contribution is 2.26. The number of aryl methyl sites for hydroxylation is 1. The Balaban J connectivity index is 2.03. The number of ether oxygens (including phenoxy) is 1. The third-order valence-corrected chi connectivity index (χ3v) is 4.27. The lowest BCUT2D eigenvalue weighted by molar-refractivity contribution is -0.151. The molecule has 1 atom stereocenters. The fourth-order valence-electron chi connectivity index (χ4n) is 2.77. The van der Waals surface area contributed by atoms with E-state index >= 15 is 0 Å². The van der Waals surface area contributed by atoms with Crippen molar-refractivity contribution in [1.82, 2.24) is 19.8 Å². The number of esters is 1. The molecule has 0 amide bonds. The van der Waals surface area contributed by atoms with Gasteiger partial charge < -0.3 is 14.6 Å². The minimum absolute atomic E-state index is 0.147. The average molecular weight is 294 g/mol. The van der Waals surface area contributed by atoms with E-state index in [-0.39, 0.29) is 12.0 Å². The van der Waals surface area contributed by atoms with Crippen molar-refractivity contribution in [3.8, 4) is 0 Å². The summed E-state index contributed by atoms with van der Waals surface area (Å²) in [6.07, 6.45) is 4.58. The quantitative estimate of drug-likeness (QED) is 0.820. The number of aromatic nitrogens is 2. The van der Waals surface area contributed by atoms with Crippen LogP contribution >= 0.6 is 0 Å². The fraction of sp³-hybridized carbons (Fsp3) is 0.733. The Bertz CT molecular complexity index is 484. The van der Waals surface area contributed by atoms with Gasteiger partial charge in [-0.05, 0) is 20.3 Å². The molecule has 2 heterocycles. The molecule has 0 spiro atoms. The Kier molecular flexibility index (Phi) is 5.00. The fourth-order valence-corrected chi connectivity index (χ4v) is 2.77. The lowest BCUT2D eigenvalue weighted by Gasteiger charge is -2.37. The summed E-state index contributed by atoms with van der Waals surface area (Å²) in [6.45, 7) is 7.58. The molecule has 1 aliphatic rings. The largest absolute Gasteiger partial charge is 0.469 e. The zero-order valence-electron chi connectivity index (χ0n) is 13.4. The number of methoxy groups -OCH3 is 1. The van der Waals surface area contributed by atoms with Crippen LogP contribution in [0.5, 0.6) is 0 Å². The van der Waals surface area contributed by atoms with E-state index < -0.39 is 5.41 Å². The van der Waals surface area contributed by atoms with Crippen LogP contribution in [0.3, 0.4) is 0 Å². The first kappa shape index (κ1) is 16.0. The smallest absolute Gasteiger partial charge is 0.311 e. The first-order chi connectivity index (χ1) is 9.95. The standard InChI is InChI=1S/C15H26N4O2/c1-15(2,14(20)21-4)5-8-19-10-6-16-11-12(19)13-17-7-9-18(13)3/h7,9,12,16H,5-6,8,10-11H2,1-4H3. The maximum atomic E-state index is 11.8. The molecule has 1 aromatic heterocycles. The summed E-state index contributed by atoms with van der Waals surface area (Å²) in [6, 6.07) is 0.257. The van der Waals surface area contributed by atoms with Crippen LogP contribution in [-0.4, -0.2) is 53.7 Å². The zero-order chi connectivity index (χ0) is 15.5. The van der Waals surface area contributed by atoms with Crippen LogP contribution in [0.4, 0.5) is 0 Å². The highest BCUT2D eigenvalue weighted by atomic mass is 16.5. The van der Waals surface area contributed by atoms with Crippen LogP contribution < -0.4 is 5.32 Å². The third kappa shape index (κ3) is 3.63. The van der Waals surface area contributed by atoms with Crippen molar-refractivity contribution in [3.05, 3.63) is 18.2 Å². The third-order valence-electron chi connectivity index (χ3n) is 4.27. The second-order valence-corrected chi connectivity index (χ2v) is 6.28. The van der Waals surface area contributed by atoms with E-state index in [1.165, 1.54) is 7.11 Å². The molecule has 118 valence electrons. The molecular formula is C15H26N4O2. The van der Waals surface area contributed by atoms with Crippen LogP contribution in [0.2, 0.25) is 0 Å². The van der Waals surface area contributed by atoms with Crippen molar-refractivity contribution in [2.24, 2.45) is 12.5 Å². The number of carbonyl (C=O) groups is 1. The topological polar surface area (TPSA) is 59.4 Å². The van der Waals surface area contributed by atoms with Gasteiger partial charge in [-0.15, -0.1) is 0 Å². The molecule has 0 aromatic carbocycles. The summed E-state index contributed by atoms with van der Waals surface area (Å²) in [5.74, 6) is 0.921. The number of nitrogens with zero attached hydrogens (tertiary/aromatic N) is 3. The van der Waals surface area contributed by atoms with E-state index in [4.69, 9.17) is 4.74 Å². The molecule has 1 unspecified atom stereocenters. The number of hydrogen-bond donors (Lipinski definition) is 1. The lowest BCUT2D eigenvalue weighted by atomic mass is 9.89. The molecule has 0 saturated carbocycles. The first-order valence-corrected chi connectivity index (χ1v) is 7.46. The maximum absolute atomic E-state index is 11.8. The summed E-state index contributed by atoms with van der Waals surface area (Å²) in [5.41, 5.74) is -0.453. The van der Waals surface area contributed by atoms with Gasteiger partial charge in [-0.2, -0.15) is 0 Å². The molecule has 2 rings (SSSR count). The summed E-state index contributed by atoms with van der Waals surface area (Å²) in [5, 5.41) is 3.42. The Morgan fingerprint density at radius 1 is 1.57 bits per heavy atom. The maximum Gasteiger partial charge on any atom is 0.311 e. The van der Waals surface area contributed by atoms with Gasteiger partial charge in [0.05, 0.1) is 18.6 Å². The van der Waals surface area contributed by atoms with Gasteiger partial charge in [0.15, 0.2) is 0 Å². The van der Waals surface area contributed by atoms with Gasteiger partial charge in [-0.1, -0.05) is 0 Å². The van der Waals surface area contributed by atoms with Crippen molar-refractivity contribution >= 4 is 5.97 Å².